The molecule has 0 radical (unpaired) electrons. The van der Waals surface area contributed by atoms with Gasteiger partial charge in [-0.25, -0.2) is 18.7 Å². The lowest BCUT2D eigenvalue weighted by atomic mass is 9.84. The molecule has 40 heavy (non-hydrogen) atoms. The van der Waals surface area contributed by atoms with Crippen LogP contribution in [0.3, 0.4) is 0 Å². The number of hydrogen-bond acceptors (Lipinski definition) is 9. The molecule has 2 aromatic rings. The summed E-state index contributed by atoms with van der Waals surface area (Å²) in [7, 11) is 0. The van der Waals surface area contributed by atoms with Gasteiger partial charge in [0.1, 0.15) is 23.9 Å². The molecule has 0 amide bonds. The molecule has 10 nitrogen and oxygen atoms in total. The molecule has 5 rings (SSSR count). The molecule has 0 unspecified atom stereocenters. The third-order valence-corrected chi connectivity index (χ3v) is 8.73. The lowest BCUT2D eigenvalue weighted by molar-refractivity contribution is -0.174. The number of esters is 2. The number of hydrogen-bond donors (Lipinski definition) is 2. The summed E-state index contributed by atoms with van der Waals surface area (Å²) < 4.78 is 43.9. The number of nitrogens with one attached hydrogen (secondary N) is 1. The summed E-state index contributed by atoms with van der Waals surface area (Å²) in [5.41, 5.74) is 6.04. The molecule has 1 aliphatic carbocycles. The maximum atomic E-state index is 14.9. The van der Waals surface area contributed by atoms with Crippen molar-refractivity contribution in [1.82, 2.24) is 24.8 Å². The Kier molecular flexibility index (Phi) is 7.77. The number of alkyl halides is 2. The van der Waals surface area contributed by atoms with Crippen molar-refractivity contribution in [2.24, 2.45) is 17.8 Å². The number of carbonyl (C=O) groups is 2. The molecule has 3 fully saturated rings. The summed E-state index contributed by atoms with van der Waals surface area (Å²) in [6.45, 7) is 8.27. The van der Waals surface area contributed by atoms with Gasteiger partial charge in [0.25, 0.3) is 5.92 Å². The first-order chi connectivity index (χ1) is 18.9. The highest BCUT2D eigenvalue weighted by molar-refractivity contribution is 5.86. The second-order valence-electron chi connectivity index (χ2n) is 12.3. The normalized spacial score (nSPS) is 28.1. The van der Waals surface area contributed by atoms with Crippen molar-refractivity contribution in [3.8, 4) is 0 Å². The van der Waals surface area contributed by atoms with Crippen molar-refractivity contribution < 1.29 is 27.8 Å². The van der Waals surface area contributed by atoms with Crippen LogP contribution in [0.2, 0.25) is 0 Å². The Labute approximate surface area is 233 Å². The van der Waals surface area contributed by atoms with Gasteiger partial charge in [-0.1, -0.05) is 27.7 Å². The second kappa shape index (κ2) is 10.8. The third kappa shape index (κ3) is 5.39. The highest BCUT2D eigenvalue weighted by atomic mass is 19.3. The van der Waals surface area contributed by atoms with E-state index < -0.39 is 53.5 Å². The molecule has 4 heterocycles. The summed E-state index contributed by atoms with van der Waals surface area (Å²) in [6, 6.07) is 1.36. The van der Waals surface area contributed by atoms with E-state index in [4.69, 9.17) is 15.2 Å². The standard InChI is InChI=1S/C28H40F2N6O4/c1-16(2)25(37)39-21-18(12-35-14-28(29,30)13-27(35)6-8-32-9-7-27)11-20(22(21)40-26(38)17(3)4)36-10-5-19-23(31)33-15-34-24(19)36/h5,10,15-18,20-22,32H,6-9,11-14H2,1-4H3,(H2,31,33,34)/t18-,20-,21-,22+/m1/s1. The van der Waals surface area contributed by atoms with Gasteiger partial charge in [0, 0.05) is 30.6 Å². The quantitative estimate of drug-likeness (QED) is 0.490. The Morgan fingerprint density at radius 1 is 1.10 bits per heavy atom. The van der Waals surface area contributed by atoms with Crippen LogP contribution in [-0.2, 0) is 19.1 Å². The van der Waals surface area contributed by atoms with Gasteiger partial charge in [0.05, 0.1) is 29.8 Å². The molecule has 1 saturated carbocycles. The highest BCUT2D eigenvalue weighted by Gasteiger charge is 2.57. The second-order valence-corrected chi connectivity index (χ2v) is 12.3. The number of anilines is 1. The Morgan fingerprint density at radius 3 is 2.40 bits per heavy atom. The van der Waals surface area contributed by atoms with Crippen LogP contribution in [0.4, 0.5) is 14.6 Å². The predicted molar refractivity (Wildman–Crippen MR) is 144 cm³/mol. The maximum absolute atomic E-state index is 14.9. The average Bonchev–Trinajstić information content (AvgIpc) is 3.53. The van der Waals surface area contributed by atoms with E-state index in [1.807, 2.05) is 15.7 Å². The zero-order valence-electron chi connectivity index (χ0n) is 23.6. The largest absolute Gasteiger partial charge is 0.458 e. The van der Waals surface area contributed by atoms with Crippen LogP contribution in [0.15, 0.2) is 18.6 Å². The molecule has 3 N–H and O–H groups in total. The number of aromatic nitrogens is 3. The first kappa shape index (κ1) is 28.7. The number of piperidine rings is 1. The van der Waals surface area contributed by atoms with E-state index in [1.165, 1.54) is 6.33 Å². The Bertz CT molecular complexity index is 1240. The van der Waals surface area contributed by atoms with E-state index in [2.05, 4.69) is 15.3 Å². The van der Waals surface area contributed by atoms with Gasteiger partial charge in [-0.15, -0.1) is 0 Å². The molecule has 220 valence electrons. The van der Waals surface area contributed by atoms with Gasteiger partial charge in [0.15, 0.2) is 6.10 Å². The molecule has 3 aliphatic rings. The fourth-order valence-corrected chi connectivity index (χ4v) is 6.65. The summed E-state index contributed by atoms with van der Waals surface area (Å²) in [4.78, 5) is 36.3. The number of carbonyl (C=O) groups excluding carboxylic acids is 2. The monoisotopic (exact) mass is 562 g/mol. The molecule has 4 atom stereocenters. The van der Waals surface area contributed by atoms with Crippen molar-refractivity contribution in [2.75, 3.05) is 31.9 Å². The molecule has 0 bridgehead atoms. The molecule has 2 aromatic heterocycles. The van der Waals surface area contributed by atoms with Gasteiger partial charge in [-0.3, -0.25) is 14.5 Å². The minimum Gasteiger partial charge on any atom is -0.458 e. The first-order valence-corrected chi connectivity index (χ1v) is 14.2. The Hall–Kier alpha value is -2.86. The van der Waals surface area contributed by atoms with Crippen LogP contribution < -0.4 is 11.1 Å². The molecule has 12 heteroatoms. The van der Waals surface area contributed by atoms with Gasteiger partial charge >= 0.3 is 11.9 Å². The smallest absolute Gasteiger partial charge is 0.308 e. The number of nitrogens with zero attached hydrogens (tertiary/aromatic N) is 4. The number of rotatable bonds is 7. The van der Waals surface area contributed by atoms with E-state index in [0.29, 0.717) is 55.7 Å². The molecular weight excluding hydrogens is 522 g/mol. The van der Waals surface area contributed by atoms with Crippen LogP contribution >= 0.6 is 0 Å². The van der Waals surface area contributed by atoms with Gasteiger partial charge in [-0.05, 0) is 38.4 Å². The molecular formula is C28H40F2N6O4. The van der Waals surface area contributed by atoms with Crippen LogP contribution in [0.1, 0.15) is 59.4 Å². The molecule has 2 saturated heterocycles. The van der Waals surface area contributed by atoms with Crippen molar-refractivity contribution >= 4 is 28.8 Å². The van der Waals surface area contributed by atoms with E-state index >= 15 is 0 Å². The summed E-state index contributed by atoms with van der Waals surface area (Å²) >= 11 is 0. The fourth-order valence-electron chi connectivity index (χ4n) is 6.65. The van der Waals surface area contributed by atoms with Gasteiger partial charge < -0.3 is 25.1 Å². The van der Waals surface area contributed by atoms with Crippen LogP contribution in [0, 0.1) is 17.8 Å². The molecule has 0 aromatic carbocycles. The van der Waals surface area contributed by atoms with Crippen LogP contribution in [0.25, 0.3) is 11.0 Å². The van der Waals surface area contributed by atoms with E-state index in [9.17, 15) is 18.4 Å². The topological polar surface area (TPSA) is 125 Å². The third-order valence-electron chi connectivity index (χ3n) is 8.73. The highest BCUT2D eigenvalue weighted by Crippen LogP contribution is 2.48. The first-order valence-electron chi connectivity index (χ1n) is 14.2. The SMILES string of the molecule is CC(C)C(=O)O[C@@H]1[C@@H](CN2CC(F)(F)CC23CCNCC3)C[C@@H](n2ccc3c(N)ncnc32)[C@@H]1OC(=O)C(C)C. The Balaban J connectivity index is 1.54. The Morgan fingerprint density at radius 2 is 1.75 bits per heavy atom. The average molecular weight is 563 g/mol. The molecule has 1 spiro atoms. The summed E-state index contributed by atoms with van der Waals surface area (Å²) in [5, 5.41) is 3.94. The van der Waals surface area contributed by atoms with E-state index in [0.717, 1.165) is 0 Å². The number of ether oxygens (including phenoxy) is 2. The zero-order valence-corrected chi connectivity index (χ0v) is 23.6. The minimum atomic E-state index is -2.80. The van der Waals surface area contributed by atoms with Gasteiger partial charge in [0.2, 0.25) is 0 Å². The summed E-state index contributed by atoms with van der Waals surface area (Å²) in [6.07, 6.45) is 3.05. The lowest BCUT2D eigenvalue weighted by Gasteiger charge is -2.42. The van der Waals surface area contributed by atoms with E-state index in [-0.39, 0.29) is 18.9 Å². The van der Waals surface area contributed by atoms with Gasteiger partial charge in [-0.2, -0.15) is 0 Å². The van der Waals surface area contributed by atoms with Crippen LogP contribution in [-0.4, -0.2) is 81.2 Å². The number of fused-ring (bicyclic) bond motifs is 1. The van der Waals surface area contributed by atoms with E-state index in [1.54, 1.807) is 33.8 Å². The van der Waals surface area contributed by atoms with Crippen molar-refractivity contribution in [2.45, 2.75) is 83.1 Å². The molecule has 2 aliphatic heterocycles. The minimum absolute atomic E-state index is 0.182. The number of halogens is 2. The zero-order chi connectivity index (χ0) is 28.8. The lowest BCUT2D eigenvalue weighted by Crippen LogP contribution is -2.53. The van der Waals surface area contributed by atoms with Crippen molar-refractivity contribution in [1.29, 1.82) is 0 Å². The maximum Gasteiger partial charge on any atom is 0.308 e. The predicted octanol–water partition coefficient (Wildman–Crippen LogP) is 3.17. The van der Waals surface area contributed by atoms with Crippen LogP contribution in [0.5, 0.6) is 0 Å². The van der Waals surface area contributed by atoms with Crippen molar-refractivity contribution in [3.05, 3.63) is 18.6 Å². The number of nitrogen functional groups attached to an aromatic ring is 1. The number of nitrogens with two attached hydrogens (primary N) is 1. The number of likely N-dealkylation sites (tertiary alicyclic amines) is 1. The van der Waals surface area contributed by atoms with Crippen molar-refractivity contribution in [3.63, 3.8) is 0 Å². The fraction of sp³-hybridized carbons (Fsp3) is 0.714. The summed E-state index contributed by atoms with van der Waals surface area (Å²) in [5.74, 6) is -4.49.